The Kier molecular flexibility index (Phi) is 4.26. The molecule has 3 N–H and O–H groups in total. The van der Waals surface area contributed by atoms with Crippen molar-refractivity contribution in [3.05, 3.63) is 47.8 Å². The minimum absolute atomic E-state index is 0.202. The summed E-state index contributed by atoms with van der Waals surface area (Å²) >= 11 is 0. The van der Waals surface area contributed by atoms with Crippen LogP contribution in [0.1, 0.15) is 21.7 Å². The maximum Gasteiger partial charge on any atom is 0.270 e. The Labute approximate surface area is 109 Å². The van der Waals surface area contributed by atoms with Gasteiger partial charge in [0.1, 0.15) is 12.3 Å². The highest BCUT2D eigenvalue weighted by Gasteiger charge is 2.06. The summed E-state index contributed by atoms with van der Waals surface area (Å²) in [6, 6.07) is 3.27. The van der Waals surface area contributed by atoms with Gasteiger partial charge in [-0.3, -0.25) is 4.79 Å². The number of H-pyrrole nitrogens is 1. The number of hydrogen-bond acceptors (Lipinski definition) is 4. The van der Waals surface area contributed by atoms with E-state index >= 15 is 0 Å². The van der Waals surface area contributed by atoms with Crippen molar-refractivity contribution in [2.75, 3.05) is 6.61 Å². The predicted octanol–water partition coefficient (Wildman–Crippen LogP) is 0.0785. The Morgan fingerprint density at radius 3 is 2.95 bits per heavy atom. The summed E-state index contributed by atoms with van der Waals surface area (Å²) in [6.45, 7) is 0.166. The van der Waals surface area contributed by atoms with Gasteiger partial charge >= 0.3 is 0 Å². The van der Waals surface area contributed by atoms with E-state index in [1.165, 1.54) is 6.20 Å². The van der Waals surface area contributed by atoms with Gasteiger partial charge in [0, 0.05) is 18.0 Å². The van der Waals surface area contributed by atoms with E-state index in [0.29, 0.717) is 17.8 Å². The molecule has 0 aliphatic carbocycles. The highest BCUT2D eigenvalue weighted by Crippen LogP contribution is 1.99. The third kappa shape index (κ3) is 3.66. The van der Waals surface area contributed by atoms with Gasteiger partial charge in [0.2, 0.25) is 0 Å². The van der Waals surface area contributed by atoms with E-state index in [4.69, 9.17) is 5.11 Å². The average molecular weight is 256 g/mol. The topological polar surface area (TPSA) is 90.9 Å². The summed E-state index contributed by atoms with van der Waals surface area (Å²) in [5.74, 6) is 4.95. The van der Waals surface area contributed by atoms with Crippen LogP contribution in [0.5, 0.6) is 0 Å². The molecule has 2 aromatic rings. The van der Waals surface area contributed by atoms with Crippen molar-refractivity contribution in [2.45, 2.75) is 6.54 Å². The van der Waals surface area contributed by atoms with Crippen molar-refractivity contribution < 1.29 is 9.90 Å². The maximum atomic E-state index is 11.8. The van der Waals surface area contributed by atoms with E-state index in [9.17, 15) is 4.79 Å². The zero-order valence-electron chi connectivity index (χ0n) is 10.1. The van der Waals surface area contributed by atoms with Crippen LogP contribution in [0, 0.1) is 11.8 Å². The molecule has 0 aliphatic rings. The molecule has 6 heteroatoms. The molecule has 0 bridgehead atoms. The fourth-order valence-corrected chi connectivity index (χ4v) is 1.39. The monoisotopic (exact) mass is 256 g/mol. The molecule has 6 nitrogen and oxygen atoms in total. The SMILES string of the molecule is O=C(NCc1cnc[nH]1)c1ccc(C#CCO)cn1. The maximum absolute atomic E-state index is 11.8. The zero-order chi connectivity index (χ0) is 13.5. The molecule has 19 heavy (non-hydrogen) atoms. The van der Waals surface area contributed by atoms with Gasteiger partial charge in [-0.1, -0.05) is 11.8 Å². The molecular formula is C13H12N4O2. The molecule has 0 saturated carbocycles. The standard InChI is InChI=1S/C13H12N4O2/c18-5-1-2-10-3-4-12(15-6-10)13(19)16-8-11-7-14-9-17-11/h3-4,6-7,9,18H,5,8H2,(H,14,17)(H,16,19). The number of aliphatic hydroxyl groups is 1. The second kappa shape index (κ2) is 6.33. The van der Waals surface area contributed by atoms with E-state index in [2.05, 4.69) is 32.1 Å². The number of imidazole rings is 1. The number of nitrogens with zero attached hydrogens (tertiary/aromatic N) is 2. The molecule has 96 valence electrons. The van der Waals surface area contributed by atoms with Gasteiger partial charge in [-0.25, -0.2) is 9.97 Å². The van der Waals surface area contributed by atoms with E-state index < -0.39 is 0 Å². The number of carbonyl (C=O) groups excluding carboxylic acids is 1. The Hall–Kier alpha value is -2.65. The Morgan fingerprint density at radius 1 is 1.42 bits per heavy atom. The fourth-order valence-electron chi connectivity index (χ4n) is 1.39. The average Bonchev–Trinajstić information content (AvgIpc) is 2.96. The van der Waals surface area contributed by atoms with E-state index in [-0.39, 0.29) is 12.5 Å². The summed E-state index contributed by atoms with van der Waals surface area (Å²) in [5, 5.41) is 11.3. The minimum atomic E-state index is -0.267. The minimum Gasteiger partial charge on any atom is -0.384 e. The molecule has 2 aromatic heterocycles. The normalized spacial score (nSPS) is 9.53. The van der Waals surface area contributed by atoms with Crippen LogP contribution in [0.15, 0.2) is 30.9 Å². The molecule has 0 radical (unpaired) electrons. The Bertz CT molecular complexity index is 594. The molecular weight excluding hydrogens is 244 g/mol. The van der Waals surface area contributed by atoms with Gasteiger partial charge in [-0.2, -0.15) is 0 Å². The largest absolute Gasteiger partial charge is 0.384 e. The number of nitrogens with one attached hydrogen (secondary N) is 2. The Balaban J connectivity index is 1.95. The molecule has 0 fully saturated rings. The zero-order valence-corrected chi connectivity index (χ0v) is 10.1. The lowest BCUT2D eigenvalue weighted by Gasteiger charge is -2.02. The lowest BCUT2D eigenvalue weighted by molar-refractivity contribution is 0.0945. The fraction of sp³-hybridized carbons (Fsp3) is 0.154. The molecule has 0 aromatic carbocycles. The molecule has 0 spiro atoms. The first kappa shape index (κ1) is 12.8. The van der Waals surface area contributed by atoms with E-state index in [1.54, 1.807) is 24.7 Å². The van der Waals surface area contributed by atoms with Crippen LogP contribution >= 0.6 is 0 Å². The predicted molar refractivity (Wildman–Crippen MR) is 68.0 cm³/mol. The van der Waals surface area contributed by atoms with E-state index in [0.717, 1.165) is 5.69 Å². The summed E-state index contributed by atoms with van der Waals surface area (Å²) in [6.07, 6.45) is 4.68. The first-order chi connectivity index (χ1) is 9.29. The number of hydrogen-bond donors (Lipinski definition) is 3. The quantitative estimate of drug-likeness (QED) is 0.678. The number of amides is 1. The highest BCUT2D eigenvalue weighted by atomic mass is 16.2. The van der Waals surface area contributed by atoms with Gasteiger partial charge in [0.15, 0.2) is 0 Å². The number of carbonyl (C=O) groups is 1. The molecule has 0 atom stereocenters. The lowest BCUT2D eigenvalue weighted by Crippen LogP contribution is -2.23. The third-order valence-corrected chi connectivity index (χ3v) is 2.30. The van der Waals surface area contributed by atoms with Crippen molar-refractivity contribution in [3.8, 4) is 11.8 Å². The molecule has 0 unspecified atom stereocenters. The second-order valence-corrected chi connectivity index (χ2v) is 3.65. The highest BCUT2D eigenvalue weighted by molar-refractivity contribution is 5.92. The van der Waals surface area contributed by atoms with Crippen LogP contribution < -0.4 is 5.32 Å². The van der Waals surface area contributed by atoms with Gasteiger partial charge in [0.05, 0.1) is 18.6 Å². The number of aliphatic hydroxyl groups excluding tert-OH is 1. The number of aromatic amines is 1. The smallest absolute Gasteiger partial charge is 0.270 e. The van der Waals surface area contributed by atoms with Crippen LogP contribution in [-0.2, 0) is 6.54 Å². The van der Waals surface area contributed by atoms with Crippen LogP contribution in [0.25, 0.3) is 0 Å². The third-order valence-electron chi connectivity index (χ3n) is 2.30. The van der Waals surface area contributed by atoms with Crippen molar-refractivity contribution in [1.82, 2.24) is 20.3 Å². The summed E-state index contributed by atoms with van der Waals surface area (Å²) in [7, 11) is 0. The number of rotatable bonds is 3. The van der Waals surface area contributed by atoms with Crippen molar-refractivity contribution in [1.29, 1.82) is 0 Å². The van der Waals surface area contributed by atoms with Crippen LogP contribution in [-0.4, -0.2) is 32.6 Å². The van der Waals surface area contributed by atoms with Gasteiger partial charge < -0.3 is 15.4 Å². The molecule has 2 rings (SSSR count). The first-order valence-corrected chi connectivity index (χ1v) is 5.61. The van der Waals surface area contributed by atoms with Crippen molar-refractivity contribution in [2.24, 2.45) is 0 Å². The van der Waals surface area contributed by atoms with Crippen molar-refractivity contribution >= 4 is 5.91 Å². The molecule has 2 heterocycles. The van der Waals surface area contributed by atoms with Crippen LogP contribution in [0.2, 0.25) is 0 Å². The summed E-state index contributed by atoms with van der Waals surface area (Å²) in [5.41, 5.74) is 1.78. The first-order valence-electron chi connectivity index (χ1n) is 5.61. The number of aromatic nitrogens is 3. The van der Waals surface area contributed by atoms with Gasteiger partial charge in [-0.15, -0.1) is 0 Å². The number of pyridine rings is 1. The van der Waals surface area contributed by atoms with E-state index in [1.807, 2.05) is 0 Å². The lowest BCUT2D eigenvalue weighted by atomic mass is 10.2. The molecule has 0 aliphatic heterocycles. The van der Waals surface area contributed by atoms with Gasteiger partial charge in [-0.05, 0) is 12.1 Å². The second-order valence-electron chi connectivity index (χ2n) is 3.65. The summed E-state index contributed by atoms with van der Waals surface area (Å²) < 4.78 is 0. The van der Waals surface area contributed by atoms with Crippen LogP contribution in [0.3, 0.4) is 0 Å². The summed E-state index contributed by atoms with van der Waals surface area (Å²) in [4.78, 5) is 22.5. The van der Waals surface area contributed by atoms with Crippen molar-refractivity contribution in [3.63, 3.8) is 0 Å². The van der Waals surface area contributed by atoms with Crippen LogP contribution in [0.4, 0.5) is 0 Å². The Morgan fingerprint density at radius 2 is 2.32 bits per heavy atom. The molecule has 0 saturated heterocycles. The molecule has 1 amide bonds. The van der Waals surface area contributed by atoms with Gasteiger partial charge in [0.25, 0.3) is 5.91 Å².